The van der Waals surface area contributed by atoms with E-state index in [4.69, 9.17) is 5.11 Å². The Kier molecular flexibility index (Phi) is 4.48. The van der Waals surface area contributed by atoms with Gasteiger partial charge in [0.15, 0.2) is 0 Å². The van der Waals surface area contributed by atoms with Crippen molar-refractivity contribution in [1.82, 2.24) is 5.32 Å². The van der Waals surface area contributed by atoms with E-state index in [0.29, 0.717) is 0 Å². The molecule has 2 heterocycles. The van der Waals surface area contributed by atoms with Crippen molar-refractivity contribution in [3.8, 4) is 0 Å². The van der Waals surface area contributed by atoms with Crippen LogP contribution >= 0.6 is 23.1 Å². The van der Waals surface area contributed by atoms with E-state index in [1.807, 2.05) is 24.8 Å². The molecule has 1 aliphatic heterocycles. The number of carbonyl (C=O) groups is 1. The highest BCUT2D eigenvalue weighted by atomic mass is 32.2. The number of aliphatic hydroxyl groups excluding tert-OH is 1. The van der Waals surface area contributed by atoms with Gasteiger partial charge in [0.1, 0.15) is 0 Å². The lowest BCUT2D eigenvalue weighted by atomic mass is 10.2. The fourth-order valence-electron chi connectivity index (χ4n) is 1.79. The molecule has 0 saturated heterocycles. The van der Waals surface area contributed by atoms with Crippen molar-refractivity contribution in [2.75, 3.05) is 12.4 Å². The van der Waals surface area contributed by atoms with E-state index in [2.05, 4.69) is 5.32 Å². The van der Waals surface area contributed by atoms with Crippen molar-refractivity contribution in [1.29, 1.82) is 0 Å². The molecule has 1 atom stereocenters. The third kappa shape index (κ3) is 3.03. The maximum atomic E-state index is 12.0. The van der Waals surface area contributed by atoms with Crippen LogP contribution in [0.25, 0.3) is 0 Å². The number of thiophene rings is 1. The molecule has 5 heteroatoms. The molecule has 0 bridgehead atoms. The van der Waals surface area contributed by atoms with E-state index in [0.717, 1.165) is 29.2 Å². The minimum atomic E-state index is -0.129. The van der Waals surface area contributed by atoms with Crippen LogP contribution in [0.3, 0.4) is 0 Å². The van der Waals surface area contributed by atoms with Crippen molar-refractivity contribution in [2.45, 2.75) is 31.6 Å². The van der Waals surface area contributed by atoms with E-state index >= 15 is 0 Å². The van der Waals surface area contributed by atoms with Gasteiger partial charge in [-0.1, -0.05) is 6.92 Å². The van der Waals surface area contributed by atoms with Gasteiger partial charge in [0.25, 0.3) is 5.91 Å². The van der Waals surface area contributed by atoms with Crippen LogP contribution in [0.4, 0.5) is 0 Å². The lowest BCUT2D eigenvalue weighted by Gasteiger charge is -2.12. The molecular weight excluding hydrogens is 254 g/mol. The van der Waals surface area contributed by atoms with Gasteiger partial charge in [-0.3, -0.25) is 4.79 Å². The van der Waals surface area contributed by atoms with Crippen molar-refractivity contribution in [3.63, 3.8) is 0 Å². The number of thioether (sulfide) groups is 1. The molecule has 0 spiro atoms. The number of amides is 1. The summed E-state index contributed by atoms with van der Waals surface area (Å²) in [5.41, 5.74) is 1.31. The third-order valence-corrected chi connectivity index (χ3v) is 5.14. The van der Waals surface area contributed by atoms with Crippen molar-refractivity contribution < 1.29 is 9.90 Å². The summed E-state index contributed by atoms with van der Waals surface area (Å²) in [6.45, 7) is 1.96. The lowest BCUT2D eigenvalue weighted by molar-refractivity contribution is 0.0919. The normalized spacial score (nSPS) is 16.4. The van der Waals surface area contributed by atoms with E-state index in [9.17, 15) is 4.79 Å². The van der Waals surface area contributed by atoms with Crippen LogP contribution < -0.4 is 5.32 Å². The molecule has 1 amide bonds. The summed E-state index contributed by atoms with van der Waals surface area (Å²) in [6.07, 6.45) is 1.83. The first kappa shape index (κ1) is 12.9. The minimum absolute atomic E-state index is 0.00316. The van der Waals surface area contributed by atoms with Crippen LogP contribution in [-0.2, 0) is 12.2 Å². The molecule has 2 N–H and O–H groups in total. The molecule has 1 aliphatic rings. The lowest BCUT2D eigenvalue weighted by Crippen LogP contribution is -2.36. The number of nitrogens with one attached hydrogen (secondary N) is 1. The first-order valence-electron chi connectivity index (χ1n) is 5.85. The van der Waals surface area contributed by atoms with Crippen molar-refractivity contribution in [2.24, 2.45) is 0 Å². The Bertz CT molecular complexity index is 376. The second-order valence-corrected chi connectivity index (χ2v) is 6.36. The van der Waals surface area contributed by atoms with Crippen LogP contribution in [0, 0.1) is 0 Å². The number of carbonyl (C=O) groups excluding carboxylic acids is 1. The molecule has 0 aromatic carbocycles. The van der Waals surface area contributed by atoms with Gasteiger partial charge < -0.3 is 10.4 Å². The van der Waals surface area contributed by atoms with Crippen LogP contribution in [0.2, 0.25) is 0 Å². The SMILES string of the molecule is CCC(CO)NC(=O)c1cc2c(s1)CCSC2. The first-order valence-corrected chi connectivity index (χ1v) is 7.82. The van der Waals surface area contributed by atoms with E-state index in [1.54, 1.807) is 11.3 Å². The first-order chi connectivity index (χ1) is 8.24. The molecular formula is C12H17NO2S2. The Balaban J connectivity index is 2.06. The number of aryl methyl sites for hydroxylation is 1. The van der Waals surface area contributed by atoms with Gasteiger partial charge in [-0.05, 0) is 30.2 Å². The highest BCUT2D eigenvalue weighted by molar-refractivity contribution is 7.98. The summed E-state index contributed by atoms with van der Waals surface area (Å²) >= 11 is 3.52. The average molecular weight is 271 g/mol. The van der Waals surface area contributed by atoms with E-state index < -0.39 is 0 Å². The Morgan fingerprint density at radius 3 is 3.12 bits per heavy atom. The fraction of sp³-hybridized carbons (Fsp3) is 0.583. The maximum absolute atomic E-state index is 12.0. The molecule has 0 fully saturated rings. The predicted molar refractivity (Wildman–Crippen MR) is 72.8 cm³/mol. The number of aliphatic hydroxyl groups is 1. The van der Waals surface area contributed by atoms with E-state index in [-0.39, 0.29) is 18.6 Å². The second kappa shape index (κ2) is 5.89. The highest BCUT2D eigenvalue weighted by Gasteiger charge is 2.18. The Labute approximate surface area is 110 Å². The molecule has 1 aromatic heterocycles. The molecule has 1 unspecified atom stereocenters. The van der Waals surface area contributed by atoms with Gasteiger partial charge in [-0.2, -0.15) is 11.8 Å². The van der Waals surface area contributed by atoms with Gasteiger partial charge in [-0.15, -0.1) is 11.3 Å². The van der Waals surface area contributed by atoms with Gasteiger partial charge >= 0.3 is 0 Å². The molecule has 3 nitrogen and oxygen atoms in total. The molecule has 0 saturated carbocycles. The average Bonchev–Trinajstić information content (AvgIpc) is 2.79. The Morgan fingerprint density at radius 1 is 1.65 bits per heavy atom. The molecule has 1 aromatic rings. The van der Waals surface area contributed by atoms with Crippen LogP contribution in [0.15, 0.2) is 6.07 Å². The topological polar surface area (TPSA) is 49.3 Å². The summed E-state index contributed by atoms with van der Waals surface area (Å²) < 4.78 is 0. The van der Waals surface area contributed by atoms with Crippen LogP contribution in [0.5, 0.6) is 0 Å². The summed E-state index contributed by atoms with van der Waals surface area (Å²) in [5, 5.41) is 11.9. The van der Waals surface area contributed by atoms with Crippen molar-refractivity contribution in [3.05, 3.63) is 21.4 Å². The monoisotopic (exact) mass is 271 g/mol. The minimum Gasteiger partial charge on any atom is -0.394 e. The molecule has 2 rings (SSSR count). The Morgan fingerprint density at radius 2 is 2.47 bits per heavy atom. The zero-order valence-electron chi connectivity index (χ0n) is 9.86. The fourth-order valence-corrected chi connectivity index (χ4v) is 4.07. The molecule has 94 valence electrons. The zero-order valence-corrected chi connectivity index (χ0v) is 11.5. The number of rotatable bonds is 4. The van der Waals surface area contributed by atoms with E-state index in [1.165, 1.54) is 10.4 Å². The number of hydrogen-bond acceptors (Lipinski definition) is 4. The smallest absolute Gasteiger partial charge is 0.261 e. The number of fused-ring (bicyclic) bond motifs is 1. The summed E-state index contributed by atoms with van der Waals surface area (Å²) in [7, 11) is 0. The summed E-state index contributed by atoms with van der Waals surface area (Å²) in [4.78, 5) is 14.1. The largest absolute Gasteiger partial charge is 0.394 e. The Hall–Kier alpha value is -0.520. The molecule has 17 heavy (non-hydrogen) atoms. The van der Waals surface area contributed by atoms with Gasteiger partial charge in [-0.25, -0.2) is 0 Å². The second-order valence-electron chi connectivity index (χ2n) is 4.12. The zero-order chi connectivity index (χ0) is 12.3. The predicted octanol–water partition coefficient (Wildman–Crippen LogP) is 2.04. The molecule has 0 aliphatic carbocycles. The number of hydrogen-bond donors (Lipinski definition) is 2. The standard InChI is InChI=1S/C12H17NO2S2/c1-2-9(6-14)13-12(15)11-5-8-7-16-4-3-10(8)17-11/h5,9,14H,2-4,6-7H2,1H3,(H,13,15). The van der Waals surface area contributed by atoms with Gasteiger partial charge in [0.2, 0.25) is 0 Å². The van der Waals surface area contributed by atoms with Crippen molar-refractivity contribution >= 4 is 29.0 Å². The highest BCUT2D eigenvalue weighted by Crippen LogP contribution is 2.31. The quantitative estimate of drug-likeness (QED) is 0.881. The van der Waals surface area contributed by atoms with Gasteiger partial charge in [0, 0.05) is 10.6 Å². The van der Waals surface area contributed by atoms with Gasteiger partial charge in [0.05, 0.1) is 17.5 Å². The summed E-state index contributed by atoms with van der Waals surface area (Å²) in [6, 6.07) is 1.88. The van der Waals surface area contributed by atoms with Crippen LogP contribution in [-0.4, -0.2) is 29.4 Å². The molecule has 0 radical (unpaired) electrons. The summed E-state index contributed by atoms with van der Waals surface area (Å²) in [5.74, 6) is 2.13. The third-order valence-electron chi connectivity index (χ3n) is 2.90. The maximum Gasteiger partial charge on any atom is 0.261 e. The van der Waals surface area contributed by atoms with Crippen LogP contribution in [0.1, 0.15) is 33.5 Å².